The fraction of sp³-hybridized carbons (Fsp3) is 0.227. The smallest absolute Gasteiger partial charge is 0.321 e. The van der Waals surface area contributed by atoms with E-state index in [1.807, 2.05) is 11.0 Å². The summed E-state index contributed by atoms with van der Waals surface area (Å²) in [4.78, 5) is 14.4. The van der Waals surface area contributed by atoms with Crippen LogP contribution >= 0.6 is 0 Å². The topological polar surface area (TPSA) is 94.0 Å². The van der Waals surface area contributed by atoms with Crippen LogP contribution in [0.3, 0.4) is 0 Å². The van der Waals surface area contributed by atoms with Crippen LogP contribution in [0, 0.1) is 11.3 Å². The van der Waals surface area contributed by atoms with Crippen molar-refractivity contribution in [2.24, 2.45) is 0 Å². The summed E-state index contributed by atoms with van der Waals surface area (Å²) in [5.41, 5.74) is 2.40. The molecule has 1 aliphatic heterocycles. The zero-order valence-electron chi connectivity index (χ0n) is 15.8. The Morgan fingerprint density at radius 2 is 1.93 bits per heavy atom. The molecule has 0 unspecified atom stereocenters. The molecule has 29 heavy (non-hydrogen) atoms. The van der Waals surface area contributed by atoms with E-state index in [0.717, 1.165) is 18.5 Å². The molecule has 2 aromatic carbocycles. The van der Waals surface area contributed by atoms with Gasteiger partial charge in [-0.05, 0) is 61.4 Å². The van der Waals surface area contributed by atoms with E-state index in [-0.39, 0.29) is 6.03 Å². The maximum absolute atomic E-state index is 12.5. The van der Waals surface area contributed by atoms with E-state index in [1.165, 1.54) is 0 Å². The largest absolute Gasteiger partial charge is 0.457 e. The average Bonchev–Trinajstić information content (AvgIpc) is 3.30. The number of nitriles is 1. The van der Waals surface area contributed by atoms with Crippen molar-refractivity contribution >= 4 is 11.7 Å². The van der Waals surface area contributed by atoms with Crippen molar-refractivity contribution in [3.05, 3.63) is 72.1 Å². The number of carbonyl (C=O) groups excluding carboxylic acids is 1. The van der Waals surface area contributed by atoms with E-state index in [4.69, 9.17) is 10.00 Å². The van der Waals surface area contributed by atoms with Gasteiger partial charge in [0.1, 0.15) is 11.5 Å². The molecule has 3 aromatic rings. The maximum Gasteiger partial charge on any atom is 0.321 e. The third-order valence-electron chi connectivity index (χ3n) is 5.05. The van der Waals surface area contributed by atoms with Crippen molar-refractivity contribution in [3.63, 3.8) is 0 Å². The second-order valence-electron chi connectivity index (χ2n) is 6.97. The van der Waals surface area contributed by atoms with Gasteiger partial charge in [-0.15, -0.1) is 0 Å². The fourth-order valence-electron chi connectivity index (χ4n) is 3.46. The van der Waals surface area contributed by atoms with E-state index in [0.29, 0.717) is 41.8 Å². The Hall–Kier alpha value is -3.79. The third kappa shape index (κ3) is 4.55. The second kappa shape index (κ2) is 8.48. The lowest BCUT2D eigenvalue weighted by Gasteiger charge is -2.31. The number of hydrogen-bond donors (Lipinski definition) is 2. The highest BCUT2D eigenvalue weighted by Gasteiger charge is 2.24. The number of rotatable bonds is 4. The molecule has 0 atom stereocenters. The lowest BCUT2D eigenvalue weighted by atomic mass is 9.94. The van der Waals surface area contributed by atoms with Gasteiger partial charge in [0.2, 0.25) is 0 Å². The Kier molecular flexibility index (Phi) is 5.43. The van der Waals surface area contributed by atoms with Crippen LogP contribution in [0.1, 0.15) is 30.0 Å². The highest BCUT2D eigenvalue weighted by atomic mass is 16.5. The molecule has 2 N–H and O–H groups in total. The van der Waals surface area contributed by atoms with Crippen LogP contribution in [0.5, 0.6) is 11.5 Å². The van der Waals surface area contributed by atoms with Gasteiger partial charge in [-0.25, -0.2) is 4.79 Å². The number of carbonyl (C=O) groups is 1. The first-order valence-electron chi connectivity index (χ1n) is 9.54. The number of piperidine rings is 1. The molecule has 7 nitrogen and oxygen atoms in total. The molecule has 1 saturated heterocycles. The number of nitrogens with zero attached hydrogens (tertiary/aromatic N) is 3. The summed E-state index contributed by atoms with van der Waals surface area (Å²) in [6.45, 7) is 1.43. The van der Waals surface area contributed by atoms with Crippen molar-refractivity contribution in [1.82, 2.24) is 15.1 Å². The summed E-state index contributed by atoms with van der Waals surface area (Å²) >= 11 is 0. The zero-order chi connectivity index (χ0) is 20.1. The molecule has 1 fully saturated rings. The van der Waals surface area contributed by atoms with Crippen LogP contribution in [0.15, 0.2) is 60.8 Å². The number of likely N-dealkylation sites (tertiary alicyclic amines) is 1. The number of nitrogens with one attached hydrogen (secondary N) is 2. The Balaban J connectivity index is 1.30. The summed E-state index contributed by atoms with van der Waals surface area (Å²) < 4.78 is 5.76. The number of H-pyrrole nitrogens is 1. The molecule has 0 saturated carbocycles. The molecular formula is C22H21N5O2. The summed E-state index contributed by atoms with van der Waals surface area (Å²) in [5.74, 6) is 1.66. The molecule has 0 spiro atoms. The Labute approximate surface area is 168 Å². The van der Waals surface area contributed by atoms with Gasteiger partial charge in [0.25, 0.3) is 0 Å². The number of benzene rings is 2. The van der Waals surface area contributed by atoms with Gasteiger partial charge in [0, 0.05) is 36.6 Å². The molecule has 0 aliphatic carbocycles. The predicted molar refractivity (Wildman–Crippen MR) is 109 cm³/mol. The van der Waals surface area contributed by atoms with E-state index < -0.39 is 0 Å². The van der Waals surface area contributed by atoms with Gasteiger partial charge in [-0.1, -0.05) is 6.07 Å². The minimum atomic E-state index is -0.0940. The van der Waals surface area contributed by atoms with Crippen LogP contribution in [0.4, 0.5) is 10.5 Å². The molecule has 2 heterocycles. The van der Waals surface area contributed by atoms with E-state index in [2.05, 4.69) is 21.6 Å². The first-order valence-corrected chi connectivity index (χ1v) is 9.54. The van der Waals surface area contributed by atoms with Gasteiger partial charge in [0.05, 0.1) is 11.6 Å². The van der Waals surface area contributed by atoms with Gasteiger partial charge in [-0.3, -0.25) is 5.10 Å². The van der Waals surface area contributed by atoms with Crippen LogP contribution in [-0.2, 0) is 0 Å². The molecular weight excluding hydrogens is 366 g/mol. The monoisotopic (exact) mass is 387 g/mol. The van der Waals surface area contributed by atoms with Gasteiger partial charge >= 0.3 is 6.03 Å². The van der Waals surface area contributed by atoms with Gasteiger partial charge in [-0.2, -0.15) is 10.4 Å². The van der Waals surface area contributed by atoms with Gasteiger partial charge < -0.3 is 15.0 Å². The summed E-state index contributed by atoms with van der Waals surface area (Å²) in [6.07, 6.45) is 3.61. The van der Waals surface area contributed by atoms with Crippen LogP contribution in [0.25, 0.3) is 0 Å². The standard InChI is InChI=1S/C22H21N5O2/c23-15-16-2-1-3-20(14-16)29-19-6-4-18(5-7-19)25-22(28)27-12-9-17(10-13-27)21-8-11-24-26-21/h1-8,11,14,17H,9-10,12-13H2,(H,24,26)(H,25,28). The van der Waals surface area contributed by atoms with E-state index >= 15 is 0 Å². The Morgan fingerprint density at radius 3 is 2.62 bits per heavy atom. The van der Waals surface area contributed by atoms with E-state index in [1.54, 1.807) is 54.7 Å². The van der Waals surface area contributed by atoms with E-state index in [9.17, 15) is 4.79 Å². The maximum atomic E-state index is 12.5. The lowest BCUT2D eigenvalue weighted by molar-refractivity contribution is 0.194. The number of anilines is 1. The van der Waals surface area contributed by atoms with Crippen molar-refractivity contribution < 1.29 is 9.53 Å². The second-order valence-corrected chi connectivity index (χ2v) is 6.97. The van der Waals surface area contributed by atoms with Crippen molar-refractivity contribution in [3.8, 4) is 17.6 Å². The fourth-order valence-corrected chi connectivity index (χ4v) is 3.46. The van der Waals surface area contributed by atoms with Crippen molar-refractivity contribution in [1.29, 1.82) is 5.26 Å². The summed E-state index contributed by atoms with van der Waals surface area (Å²) in [5, 5.41) is 18.9. The number of urea groups is 1. The van der Waals surface area contributed by atoms with Crippen molar-refractivity contribution in [2.45, 2.75) is 18.8 Å². The molecule has 0 radical (unpaired) electrons. The molecule has 0 bridgehead atoms. The highest BCUT2D eigenvalue weighted by Crippen LogP contribution is 2.27. The quantitative estimate of drug-likeness (QED) is 0.690. The molecule has 2 amide bonds. The molecule has 1 aromatic heterocycles. The van der Waals surface area contributed by atoms with Gasteiger partial charge in [0.15, 0.2) is 0 Å². The minimum absolute atomic E-state index is 0.0940. The Bertz CT molecular complexity index is 1000. The normalized spacial score (nSPS) is 14.2. The highest BCUT2D eigenvalue weighted by molar-refractivity contribution is 5.89. The summed E-state index contributed by atoms with van der Waals surface area (Å²) in [6, 6.07) is 18.2. The minimum Gasteiger partial charge on any atom is -0.457 e. The third-order valence-corrected chi connectivity index (χ3v) is 5.05. The zero-order valence-corrected chi connectivity index (χ0v) is 15.8. The van der Waals surface area contributed by atoms with Crippen LogP contribution < -0.4 is 10.1 Å². The Morgan fingerprint density at radius 1 is 1.14 bits per heavy atom. The first-order chi connectivity index (χ1) is 14.2. The molecule has 146 valence electrons. The molecule has 1 aliphatic rings. The number of ether oxygens (including phenoxy) is 1. The number of aromatic amines is 1. The predicted octanol–water partition coefficient (Wildman–Crippen LogP) is 4.49. The first kappa shape index (κ1) is 18.6. The van der Waals surface area contributed by atoms with Crippen LogP contribution in [0.2, 0.25) is 0 Å². The average molecular weight is 387 g/mol. The SMILES string of the molecule is N#Cc1cccc(Oc2ccc(NC(=O)N3CCC(c4ccn[nH]4)CC3)cc2)c1. The number of amides is 2. The number of aromatic nitrogens is 2. The molecule has 4 rings (SSSR count). The van der Waals surface area contributed by atoms with Crippen molar-refractivity contribution in [2.75, 3.05) is 18.4 Å². The van der Waals surface area contributed by atoms with Crippen LogP contribution in [-0.4, -0.2) is 34.2 Å². The summed E-state index contributed by atoms with van der Waals surface area (Å²) in [7, 11) is 0. The molecule has 7 heteroatoms. The lowest BCUT2D eigenvalue weighted by Crippen LogP contribution is -2.40. The number of hydrogen-bond acceptors (Lipinski definition) is 4.